The third-order valence-electron chi connectivity index (χ3n) is 3.32. The third kappa shape index (κ3) is 1.18. The van der Waals surface area contributed by atoms with E-state index in [9.17, 15) is 0 Å². The zero-order valence-corrected chi connectivity index (χ0v) is 7.58. The molecule has 2 bridgehead atoms. The Balaban J connectivity index is 2.04. The second kappa shape index (κ2) is 2.76. The Labute approximate surface area is 69.2 Å². The average molecular weight is 154 g/mol. The zero-order chi connectivity index (χ0) is 7.84. The molecule has 0 aromatic carbocycles. The molecular formula is C9H18N2. The predicted octanol–water partition coefficient (Wildman–Crippen LogP) is 0.785. The molecule has 3 saturated heterocycles. The lowest BCUT2D eigenvalue weighted by Crippen LogP contribution is -2.61. The topological polar surface area (TPSA) is 6.48 Å². The van der Waals surface area contributed by atoms with Crippen LogP contribution in [0.4, 0.5) is 0 Å². The summed E-state index contributed by atoms with van der Waals surface area (Å²) in [5, 5.41) is 0. The second-order valence-corrected chi connectivity index (χ2v) is 3.91. The fraction of sp³-hybridized carbons (Fsp3) is 1.00. The normalized spacial score (nSPS) is 39.8. The van der Waals surface area contributed by atoms with Crippen molar-refractivity contribution in [2.24, 2.45) is 0 Å². The minimum atomic E-state index is 0.861. The first-order valence-electron chi connectivity index (χ1n) is 4.75. The molecule has 0 N–H and O–H groups in total. The molecule has 11 heavy (non-hydrogen) atoms. The fourth-order valence-electron chi connectivity index (χ4n) is 2.51. The molecule has 3 fully saturated rings. The number of piperazine rings is 1. The van der Waals surface area contributed by atoms with Crippen LogP contribution in [-0.2, 0) is 0 Å². The maximum absolute atomic E-state index is 2.63. The number of rotatable bonds is 1. The van der Waals surface area contributed by atoms with Gasteiger partial charge in [-0.2, -0.15) is 0 Å². The van der Waals surface area contributed by atoms with E-state index in [4.69, 9.17) is 0 Å². The third-order valence-corrected chi connectivity index (χ3v) is 3.32. The number of likely N-dealkylation sites (N-methyl/N-ethyl adjacent to an activating group) is 2. The van der Waals surface area contributed by atoms with E-state index in [2.05, 4.69) is 23.8 Å². The SMILES string of the molecule is CCN1C[C@@H]2CC[C@H]1CN2C. The van der Waals surface area contributed by atoms with Crippen LogP contribution in [-0.4, -0.2) is 48.6 Å². The van der Waals surface area contributed by atoms with Gasteiger partial charge in [0.2, 0.25) is 0 Å². The lowest BCUT2D eigenvalue weighted by atomic mass is 9.91. The smallest absolute Gasteiger partial charge is 0.0224 e. The lowest BCUT2D eigenvalue weighted by molar-refractivity contribution is -0.00301. The van der Waals surface area contributed by atoms with Crippen LogP contribution in [0.15, 0.2) is 0 Å². The van der Waals surface area contributed by atoms with Crippen LogP contribution in [0.5, 0.6) is 0 Å². The molecule has 0 unspecified atom stereocenters. The summed E-state index contributed by atoms with van der Waals surface area (Å²) >= 11 is 0. The van der Waals surface area contributed by atoms with E-state index < -0.39 is 0 Å². The first kappa shape index (κ1) is 7.56. The Morgan fingerprint density at radius 3 is 2.36 bits per heavy atom. The van der Waals surface area contributed by atoms with Crippen molar-refractivity contribution in [3.05, 3.63) is 0 Å². The summed E-state index contributed by atoms with van der Waals surface area (Å²) < 4.78 is 0. The van der Waals surface area contributed by atoms with Crippen molar-refractivity contribution in [3.63, 3.8) is 0 Å². The summed E-state index contributed by atoms with van der Waals surface area (Å²) in [4.78, 5) is 5.16. The predicted molar refractivity (Wildman–Crippen MR) is 46.7 cm³/mol. The Hall–Kier alpha value is -0.0800. The largest absolute Gasteiger partial charge is 0.301 e. The van der Waals surface area contributed by atoms with Crippen LogP contribution < -0.4 is 0 Å². The molecule has 2 atom stereocenters. The summed E-state index contributed by atoms with van der Waals surface area (Å²) in [6, 6.07) is 1.73. The van der Waals surface area contributed by atoms with Crippen molar-refractivity contribution in [3.8, 4) is 0 Å². The molecule has 2 nitrogen and oxygen atoms in total. The summed E-state index contributed by atoms with van der Waals surface area (Å²) in [7, 11) is 2.27. The molecule has 64 valence electrons. The highest BCUT2D eigenvalue weighted by molar-refractivity contribution is 4.92. The number of nitrogens with zero attached hydrogens (tertiary/aromatic N) is 2. The first-order chi connectivity index (χ1) is 5.31. The Bertz CT molecular complexity index is 146. The van der Waals surface area contributed by atoms with Crippen LogP contribution in [0.1, 0.15) is 19.8 Å². The first-order valence-corrected chi connectivity index (χ1v) is 4.75. The highest BCUT2D eigenvalue weighted by atomic mass is 15.3. The van der Waals surface area contributed by atoms with Crippen LogP contribution in [0.2, 0.25) is 0 Å². The van der Waals surface area contributed by atoms with Crippen molar-refractivity contribution in [1.29, 1.82) is 0 Å². The quantitative estimate of drug-likeness (QED) is 0.551. The van der Waals surface area contributed by atoms with Gasteiger partial charge in [0.1, 0.15) is 0 Å². The van der Waals surface area contributed by atoms with Crippen molar-refractivity contribution in [1.82, 2.24) is 9.80 Å². The van der Waals surface area contributed by atoms with Gasteiger partial charge in [0.05, 0.1) is 0 Å². The monoisotopic (exact) mass is 154 g/mol. The van der Waals surface area contributed by atoms with E-state index in [1.165, 1.54) is 32.5 Å². The van der Waals surface area contributed by atoms with Gasteiger partial charge in [-0.3, -0.25) is 4.90 Å². The van der Waals surface area contributed by atoms with Crippen LogP contribution in [0, 0.1) is 0 Å². The molecule has 0 aromatic heterocycles. The van der Waals surface area contributed by atoms with Crippen LogP contribution >= 0.6 is 0 Å². The Morgan fingerprint density at radius 1 is 1.18 bits per heavy atom. The van der Waals surface area contributed by atoms with E-state index in [0.29, 0.717) is 0 Å². The van der Waals surface area contributed by atoms with Crippen molar-refractivity contribution < 1.29 is 0 Å². The standard InChI is InChI=1S/C9H18N2/c1-3-11-7-8-4-5-9(11)6-10(8)2/h8-9H,3-7H2,1-2H3/t8-,9-/m0/s1. The van der Waals surface area contributed by atoms with Gasteiger partial charge in [0.25, 0.3) is 0 Å². The van der Waals surface area contributed by atoms with E-state index >= 15 is 0 Å². The molecule has 0 aromatic rings. The molecule has 3 aliphatic heterocycles. The van der Waals surface area contributed by atoms with Crippen LogP contribution in [0.3, 0.4) is 0 Å². The van der Waals surface area contributed by atoms with Gasteiger partial charge >= 0.3 is 0 Å². The maximum Gasteiger partial charge on any atom is 0.0224 e. The molecule has 3 rings (SSSR count). The van der Waals surface area contributed by atoms with E-state index in [1.807, 2.05) is 0 Å². The minimum absolute atomic E-state index is 0.861. The molecular weight excluding hydrogens is 136 g/mol. The highest BCUT2D eigenvalue weighted by Gasteiger charge is 2.35. The lowest BCUT2D eigenvalue weighted by Gasteiger charge is -2.50. The summed E-state index contributed by atoms with van der Waals surface area (Å²) in [5.74, 6) is 0. The number of hydrogen-bond acceptors (Lipinski definition) is 2. The van der Waals surface area contributed by atoms with E-state index in [0.717, 1.165) is 12.1 Å². The molecule has 0 amide bonds. The number of hydrogen-bond donors (Lipinski definition) is 0. The summed E-state index contributed by atoms with van der Waals surface area (Å²) in [6.07, 6.45) is 2.86. The molecule has 0 spiro atoms. The maximum atomic E-state index is 2.63. The molecule has 0 radical (unpaired) electrons. The second-order valence-electron chi connectivity index (χ2n) is 3.91. The van der Waals surface area contributed by atoms with Crippen molar-refractivity contribution in [2.45, 2.75) is 31.8 Å². The van der Waals surface area contributed by atoms with Crippen LogP contribution in [0.25, 0.3) is 0 Å². The van der Waals surface area contributed by atoms with Gasteiger partial charge in [0, 0.05) is 25.2 Å². The van der Waals surface area contributed by atoms with Gasteiger partial charge in [-0.1, -0.05) is 6.92 Å². The zero-order valence-electron chi connectivity index (χ0n) is 7.58. The minimum Gasteiger partial charge on any atom is -0.301 e. The van der Waals surface area contributed by atoms with Crippen molar-refractivity contribution >= 4 is 0 Å². The number of fused-ring (bicyclic) bond motifs is 3. The fourth-order valence-corrected chi connectivity index (χ4v) is 2.51. The molecule has 3 aliphatic rings. The Kier molecular flexibility index (Phi) is 1.90. The summed E-state index contributed by atoms with van der Waals surface area (Å²) in [5.41, 5.74) is 0. The van der Waals surface area contributed by atoms with E-state index in [-0.39, 0.29) is 0 Å². The van der Waals surface area contributed by atoms with Crippen molar-refractivity contribution in [2.75, 3.05) is 26.7 Å². The molecule has 0 saturated carbocycles. The van der Waals surface area contributed by atoms with Gasteiger partial charge in [-0.05, 0) is 26.4 Å². The average Bonchev–Trinajstić information content (AvgIpc) is 2.05. The van der Waals surface area contributed by atoms with Gasteiger partial charge < -0.3 is 4.90 Å². The molecule has 3 heterocycles. The molecule has 0 aliphatic carbocycles. The van der Waals surface area contributed by atoms with Gasteiger partial charge in [-0.15, -0.1) is 0 Å². The van der Waals surface area contributed by atoms with E-state index in [1.54, 1.807) is 0 Å². The number of piperidine rings is 2. The summed E-state index contributed by atoms with van der Waals surface area (Å²) in [6.45, 7) is 6.14. The Morgan fingerprint density at radius 2 is 1.91 bits per heavy atom. The van der Waals surface area contributed by atoms with Gasteiger partial charge in [0.15, 0.2) is 0 Å². The highest BCUT2D eigenvalue weighted by Crippen LogP contribution is 2.26. The molecule has 2 heteroatoms. The van der Waals surface area contributed by atoms with Gasteiger partial charge in [-0.25, -0.2) is 0 Å².